The first-order valence-electron chi connectivity index (χ1n) is 12.6. The summed E-state index contributed by atoms with van der Waals surface area (Å²) in [5.41, 5.74) is 2.48. The van der Waals surface area contributed by atoms with Crippen LogP contribution in [0, 0.1) is 6.92 Å². The van der Waals surface area contributed by atoms with E-state index < -0.39 is 6.36 Å². The van der Waals surface area contributed by atoms with Gasteiger partial charge in [0.2, 0.25) is 0 Å². The Balaban J connectivity index is 1.11. The lowest BCUT2D eigenvalue weighted by atomic mass is 10.1. The summed E-state index contributed by atoms with van der Waals surface area (Å²) in [5, 5.41) is 1.55. The summed E-state index contributed by atoms with van der Waals surface area (Å²) >= 11 is 0. The Morgan fingerprint density at radius 1 is 0.947 bits per heavy atom. The molecule has 2 aromatic carbocycles. The zero-order valence-electron chi connectivity index (χ0n) is 20.9. The van der Waals surface area contributed by atoms with Gasteiger partial charge in [-0.05, 0) is 67.9 Å². The van der Waals surface area contributed by atoms with Gasteiger partial charge in [0.25, 0.3) is 0 Å². The third-order valence-corrected chi connectivity index (χ3v) is 6.89. The molecule has 0 spiro atoms. The van der Waals surface area contributed by atoms with Crippen LogP contribution in [0.1, 0.15) is 12.1 Å². The molecule has 4 aromatic rings. The minimum atomic E-state index is -4.72. The predicted molar refractivity (Wildman–Crippen MR) is 138 cm³/mol. The zero-order chi connectivity index (χ0) is 26.3. The molecule has 2 aliphatic heterocycles. The van der Waals surface area contributed by atoms with Gasteiger partial charge < -0.3 is 19.1 Å². The third-order valence-electron chi connectivity index (χ3n) is 6.89. The molecular formula is C28H27F3N4O3. The SMILES string of the molecule is Cc1ccc2c3c(ccc2n1)OCC(CN1CCCN(c2ccc4cc(OC(F)(F)F)ccc4n2)CC1)O3. The van der Waals surface area contributed by atoms with Gasteiger partial charge in [-0.3, -0.25) is 9.88 Å². The molecule has 1 unspecified atom stereocenters. The summed E-state index contributed by atoms with van der Waals surface area (Å²) in [5.74, 6) is 2.07. The van der Waals surface area contributed by atoms with Gasteiger partial charge in [0.05, 0.1) is 11.0 Å². The van der Waals surface area contributed by atoms with Crippen molar-refractivity contribution in [1.82, 2.24) is 14.9 Å². The highest BCUT2D eigenvalue weighted by Gasteiger charge is 2.31. The van der Waals surface area contributed by atoms with E-state index in [1.165, 1.54) is 12.1 Å². The number of aryl methyl sites for hydroxylation is 1. The molecule has 0 N–H and O–H groups in total. The Labute approximate surface area is 217 Å². The molecule has 2 aromatic heterocycles. The number of aromatic nitrogens is 2. The molecule has 0 amide bonds. The largest absolute Gasteiger partial charge is 0.573 e. The second kappa shape index (κ2) is 9.83. The van der Waals surface area contributed by atoms with Crippen molar-refractivity contribution in [3.63, 3.8) is 0 Å². The monoisotopic (exact) mass is 524 g/mol. The number of hydrogen-bond acceptors (Lipinski definition) is 7. The standard InChI is InChI=1S/C28H27F3N4O3/c1-18-3-6-22-24(32-18)8-9-25-27(22)37-21(17-36-25)16-34-11-2-12-35(14-13-34)26-10-4-19-15-20(38-28(29,30)31)5-7-23(19)33-26/h3-10,15,21H,2,11-14,16-17H2,1H3. The van der Waals surface area contributed by atoms with Crippen molar-refractivity contribution in [2.75, 3.05) is 44.2 Å². The van der Waals surface area contributed by atoms with E-state index in [4.69, 9.17) is 14.5 Å². The maximum absolute atomic E-state index is 12.5. The van der Waals surface area contributed by atoms with Gasteiger partial charge in [-0.2, -0.15) is 0 Å². The lowest BCUT2D eigenvalue weighted by Gasteiger charge is -2.31. The molecule has 0 saturated carbocycles. The van der Waals surface area contributed by atoms with Crippen molar-refractivity contribution in [2.45, 2.75) is 25.8 Å². The van der Waals surface area contributed by atoms with Gasteiger partial charge in [0.15, 0.2) is 11.5 Å². The van der Waals surface area contributed by atoms with E-state index in [9.17, 15) is 13.2 Å². The third kappa shape index (κ3) is 5.26. The second-order valence-corrected chi connectivity index (χ2v) is 9.68. The fraction of sp³-hybridized carbons (Fsp3) is 0.357. The van der Waals surface area contributed by atoms with Crippen LogP contribution in [0.25, 0.3) is 21.8 Å². The maximum Gasteiger partial charge on any atom is 0.573 e. The van der Waals surface area contributed by atoms with E-state index in [0.717, 1.165) is 73.1 Å². The highest BCUT2D eigenvalue weighted by atomic mass is 19.4. The minimum absolute atomic E-state index is 0.0899. The molecule has 0 radical (unpaired) electrons. The molecule has 0 bridgehead atoms. The van der Waals surface area contributed by atoms with Crippen LogP contribution in [0.4, 0.5) is 19.0 Å². The van der Waals surface area contributed by atoms with E-state index in [0.29, 0.717) is 17.5 Å². The fourth-order valence-electron chi connectivity index (χ4n) is 5.10. The average molecular weight is 525 g/mol. The van der Waals surface area contributed by atoms with E-state index in [-0.39, 0.29) is 11.9 Å². The molecule has 198 valence electrons. The number of nitrogens with zero attached hydrogens (tertiary/aromatic N) is 4. The highest BCUT2D eigenvalue weighted by molar-refractivity contribution is 5.88. The summed E-state index contributed by atoms with van der Waals surface area (Å²) in [6.45, 7) is 6.58. The van der Waals surface area contributed by atoms with Crippen LogP contribution in [0.3, 0.4) is 0 Å². The van der Waals surface area contributed by atoms with Gasteiger partial charge in [-0.15, -0.1) is 13.2 Å². The van der Waals surface area contributed by atoms with Crippen LogP contribution in [0.15, 0.2) is 54.6 Å². The normalized spacial score (nSPS) is 18.5. The summed E-state index contributed by atoms with van der Waals surface area (Å²) in [6.07, 6.45) is -3.86. The van der Waals surface area contributed by atoms with Gasteiger partial charge in [0, 0.05) is 49.2 Å². The molecule has 38 heavy (non-hydrogen) atoms. The van der Waals surface area contributed by atoms with Gasteiger partial charge >= 0.3 is 6.36 Å². The number of benzene rings is 2. The Bertz CT molecular complexity index is 1480. The molecule has 10 heteroatoms. The average Bonchev–Trinajstić information content (AvgIpc) is 3.12. The van der Waals surface area contributed by atoms with Crippen molar-refractivity contribution in [3.05, 3.63) is 60.3 Å². The van der Waals surface area contributed by atoms with Crippen molar-refractivity contribution >= 4 is 27.6 Å². The fourth-order valence-corrected chi connectivity index (χ4v) is 5.10. The first kappa shape index (κ1) is 24.5. The lowest BCUT2D eigenvalue weighted by Crippen LogP contribution is -2.42. The summed E-state index contributed by atoms with van der Waals surface area (Å²) in [7, 11) is 0. The second-order valence-electron chi connectivity index (χ2n) is 9.68. The Morgan fingerprint density at radius 3 is 2.68 bits per heavy atom. The molecule has 1 fully saturated rings. The van der Waals surface area contributed by atoms with E-state index in [1.807, 2.05) is 37.3 Å². The summed E-state index contributed by atoms with van der Waals surface area (Å²) in [4.78, 5) is 13.9. The van der Waals surface area contributed by atoms with Crippen molar-refractivity contribution in [2.24, 2.45) is 0 Å². The van der Waals surface area contributed by atoms with E-state index in [2.05, 4.69) is 19.5 Å². The van der Waals surface area contributed by atoms with Crippen molar-refractivity contribution in [3.8, 4) is 17.2 Å². The van der Waals surface area contributed by atoms with Crippen LogP contribution in [-0.4, -0.2) is 66.7 Å². The topological polar surface area (TPSA) is 60.0 Å². The summed E-state index contributed by atoms with van der Waals surface area (Å²) in [6, 6.07) is 15.7. The number of fused-ring (bicyclic) bond motifs is 4. The molecule has 1 saturated heterocycles. The number of ether oxygens (including phenoxy) is 3. The molecule has 7 nitrogen and oxygen atoms in total. The van der Waals surface area contributed by atoms with E-state index in [1.54, 1.807) is 12.1 Å². The number of alkyl halides is 3. The predicted octanol–water partition coefficient (Wildman–Crippen LogP) is 5.34. The number of hydrogen-bond donors (Lipinski definition) is 0. The Morgan fingerprint density at radius 2 is 1.82 bits per heavy atom. The van der Waals surface area contributed by atoms with Crippen molar-refractivity contribution in [1.29, 1.82) is 0 Å². The quantitative estimate of drug-likeness (QED) is 0.357. The molecule has 6 rings (SSSR count). The van der Waals surface area contributed by atoms with Gasteiger partial charge in [-0.25, -0.2) is 4.98 Å². The zero-order valence-corrected chi connectivity index (χ0v) is 20.9. The lowest BCUT2D eigenvalue weighted by molar-refractivity contribution is -0.274. The first-order valence-corrected chi connectivity index (χ1v) is 12.6. The minimum Gasteiger partial charge on any atom is -0.486 e. The molecular weight excluding hydrogens is 497 g/mol. The number of rotatable bonds is 4. The Kier molecular flexibility index (Phi) is 6.35. The number of pyridine rings is 2. The molecule has 2 aliphatic rings. The Hall–Kier alpha value is -3.79. The van der Waals surface area contributed by atoms with Crippen LogP contribution < -0.4 is 19.1 Å². The molecule has 0 aliphatic carbocycles. The van der Waals surface area contributed by atoms with Crippen molar-refractivity contribution < 1.29 is 27.4 Å². The van der Waals surface area contributed by atoms with Gasteiger partial charge in [-0.1, -0.05) is 0 Å². The summed E-state index contributed by atoms with van der Waals surface area (Å²) < 4.78 is 54.1. The number of halogens is 3. The van der Waals surface area contributed by atoms with Crippen LogP contribution in [0.2, 0.25) is 0 Å². The van der Waals surface area contributed by atoms with Crippen LogP contribution in [0.5, 0.6) is 17.2 Å². The molecule has 1 atom stereocenters. The highest BCUT2D eigenvalue weighted by Crippen LogP contribution is 2.38. The van der Waals surface area contributed by atoms with Crippen LogP contribution in [-0.2, 0) is 0 Å². The smallest absolute Gasteiger partial charge is 0.486 e. The molecule has 4 heterocycles. The van der Waals surface area contributed by atoms with Gasteiger partial charge in [0.1, 0.15) is 24.3 Å². The van der Waals surface area contributed by atoms with Crippen LogP contribution >= 0.6 is 0 Å². The number of anilines is 1. The first-order chi connectivity index (χ1) is 18.3. The van der Waals surface area contributed by atoms with E-state index >= 15 is 0 Å². The maximum atomic E-state index is 12.5.